The van der Waals surface area contributed by atoms with Crippen LogP contribution in [0.15, 0.2) is 48.5 Å². The summed E-state index contributed by atoms with van der Waals surface area (Å²) in [6.07, 6.45) is -4.07. The van der Waals surface area contributed by atoms with Crippen molar-refractivity contribution in [1.29, 1.82) is 0 Å². The zero-order valence-electron chi connectivity index (χ0n) is 13.6. The minimum atomic E-state index is -4.47. The number of rotatable bonds is 4. The van der Waals surface area contributed by atoms with Crippen LogP contribution in [0, 0.1) is 5.82 Å². The van der Waals surface area contributed by atoms with Gasteiger partial charge >= 0.3 is 6.18 Å². The maximum absolute atomic E-state index is 13.0. The summed E-state index contributed by atoms with van der Waals surface area (Å²) in [5.41, 5.74) is 5.83. The minimum absolute atomic E-state index is 0.00870. The number of amides is 1. The van der Waals surface area contributed by atoms with E-state index in [1.807, 2.05) is 0 Å². The summed E-state index contributed by atoms with van der Waals surface area (Å²) in [4.78, 5) is 12.3. The van der Waals surface area contributed by atoms with Gasteiger partial charge in [-0.2, -0.15) is 13.2 Å². The number of hydrogen-bond acceptors (Lipinski definition) is 3. The van der Waals surface area contributed by atoms with Crippen LogP contribution in [-0.4, -0.2) is 11.9 Å². The Labute approximate surface area is 147 Å². The lowest BCUT2D eigenvalue weighted by Crippen LogP contribution is -2.43. The Morgan fingerprint density at radius 2 is 1.77 bits per heavy atom. The molecule has 2 atom stereocenters. The second-order valence-electron chi connectivity index (χ2n) is 6.05. The standard InChI is InChI=1S/C18H17F4N3O/c19-13-7-5-11(6-8-13)15-9-16(25-24-15)17(26)23-10-12-3-1-2-4-14(12)18(20,21)22/h1-8,15-16,24-25H,9-10H2,(H,23,26). The molecule has 2 aromatic carbocycles. The smallest absolute Gasteiger partial charge is 0.351 e. The topological polar surface area (TPSA) is 53.2 Å². The van der Waals surface area contributed by atoms with Crippen molar-refractivity contribution in [2.45, 2.75) is 31.2 Å². The third-order valence-electron chi connectivity index (χ3n) is 4.27. The highest BCUT2D eigenvalue weighted by atomic mass is 19.4. The third-order valence-corrected chi connectivity index (χ3v) is 4.27. The van der Waals surface area contributed by atoms with Crippen LogP contribution in [0.2, 0.25) is 0 Å². The first kappa shape index (κ1) is 18.3. The van der Waals surface area contributed by atoms with E-state index in [4.69, 9.17) is 0 Å². The first-order valence-electron chi connectivity index (χ1n) is 8.04. The molecule has 0 aromatic heterocycles. The first-order valence-corrected chi connectivity index (χ1v) is 8.04. The van der Waals surface area contributed by atoms with Gasteiger partial charge in [-0.25, -0.2) is 15.2 Å². The molecule has 2 unspecified atom stereocenters. The molecule has 1 heterocycles. The molecule has 1 saturated heterocycles. The number of carbonyl (C=O) groups is 1. The summed E-state index contributed by atoms with van der Waals surface area (Å²) in [7, 11) is 0. The second-order valence-corrected chi connectivity index (χ2v) is 6.05. The van der Waals surface area contributed by atoms with Gasteiger partial charge in [0.25, 0.3) is 0 Å². The van der Waals surface area contributed by atoms with Crippen molar-refractivity contribution in [3.63, 3.8) is 0 Å². The van der Waals surface area contributed by atoms with Crippen molar-refractivity contribution in [3.8, 4) is 0 Å². The van der Waals surface area contributed by atoms with Gasteiger partial charge in [0.1, 0.15) is 11.9 Å². The van der Waals surface area contributed by atoms with E-state index in [1.54, 1.807) is 12.1 Å². The van der Waals surface area contributed by atoms with Gasteiger partial charge in [0.2, 0.25) is 5.91 Å². The predicted molar refractivity (Wildman–Crippen MR) is 87.1 cm³/mol. The molecule has 0 bridgehead atoms. The van der Waals surface area contributed by atoms with Crippen LogP contribution in [0.25, 0.3) is 0 Å². The molecule has 1 aliphatic rings. The maximum Gasteiger partial charge on any atom is 0.416 e. The Morgan fingerprint density at radius 1 is 1.08 bits per heavy atom. The minimum Gasteiger partial charge on any atom is -0.351 e. The average molecular weight is 367 g/mol. The highest BCUT2D eigenvalue weighted by Gasteiger charge is 2.34. The lowest BCUT2D eigenvalue weighted by molar-refractivity contribution is -0.138. The van der Waals surface area contributed by atoms with Crippen molar-refractivity contribution in [2.24, 2.45) is 0 Å². The molecule has 0 radical (unpaired) electrons. The van der Waals surface area contributed by atoms with Crippen molar-refractivity contribution in [3.05, 3.63) is 71.0 Å². The monoisotopic (exact) mass is 367 g/mol. The Morgan fingerprint density at radius 3 is 2.46 bits per heavy atom. The fourth-order valence-electron chi connectivity index (χ4n) is 2.90. The molecule has 26 heavy (non-hydrogen) atoms. The second kappa shape index (κ2) is 7.43. The van der Waals surface area contributed by atoms with Crippen LogP contribution in [0.5, 0.6) is 0 Å². The van der Waals surface area contributed by atoms with Gasteiger partial charge in [-0.3, -0.25) is 4.79 Å². The number of alkyl halides is 3. The molecule has 3 rings (SSSR count). The lowest BCUT2D eigenvalue weighted by Gasteiger charge is -2.15. The predicted octanol–water partition coefficient (Wildman–Crippen LogP) is 3.07. The normalized spacial score (nSPS) is 20.2. The van der Waals surface area contributed by atoms with E-state index in [9.17, 15) is 22.4 Å². The highest BCUT2D eigenvalue weighted by molar-refractivity contribution is 5.82. The Kier molecular flexibility index (Phi) is 5.24. The van der Waals surface area contributed by atoms with E-state index >= 15 is 0 Å². The van der Waals surface area contributed by atoms with Gasteiger partial charge in [-0.1, -0.05) is 30.3 Å². The average Bonchev–Trinajstić information content (AvgIpc) is 3.10. The molecular weight excluding hydrogens is 350 g/mol. The maximum atomic E-state index is 13.0. The Bertz CT molecular complexity index is 777. The summed E-state index contributed by atoms with van der Waals surface area (Å²) >= 11 is 0. The third kappa shape index (κ3) is 4.20. The zero-order chi connectivity index (χ0) is 18.7. The highest BCUT2D eigenvalue weighted by Crippen LogP contribution is 2.31. The first-order chi connectivity index (χ1) is 12.3. The van der Waals surface area contributed by atoms with Gasteiger partial charge in [-0.05, 0) is 35.7 Å². The van der Waals surface area contributed by atoms with Crippen molar-refractivity contribution < 1.29 is 22.4 Å². The Hall–Kier alpha value is -2.45. The van der Waals surface area contributed by atoms with E-state index in [-0.39, 0.29) is 24.0 Å². The quantitative estimate of drug-likeness (QED) is 0.728. The van der Waals surface area contributed by atoms with Gasteiger partial charge in [-0.15, -0.1) is 0 Å². The molecule has 0 saturated carbocycles. The van der Waals surface area contributed by atoms with Crippen LogP contribution in [-0.2, 0) is 17.5 Å². The summed E-state index contributed by atoms with van der Waals surface area (Å²) < 4.78 is 51.9. The van der Waals surface area contributed by atoms with Crippen molar-refractivity contribution in [2.75, 3.05) is 0 Å². The number of carbonyl (C=O) groups excluding carboxylic acids is 1. The van der Waals surface area contributed by atoms with E-state index in [0.717, 1.165) is 11.6 Å². The van der Waals surface area contributed by atoms with Gasteiger partial charge in [0.05, 0.1) is 5.56 Å². The van der Waals surface area contributed by atoms with Crippen LogP contribution in [0.3, 0.4) is 0 Å². The molecule has 1 aliphatic heterocycles. The van der Waals surface area contributed by atoms with E-state index in [2.05, 4.69) is 16.2 Å². The Balaban J connectivity index is 1.59. The van der Waals surface area contributed by atoms with Crippen LogP contribution in [0.4, 0.5) is 17.6 Å². The number of halogens is 4. The number of hydrazine groups is 1. The molecule has 138 valence electrons. The van der Waals surface area contributed by atoms with Crippen LogP contribution in [0.1, 0.15) is 29.2 Å². The van der Waals surface area contributed by atoms with E-state index < -0.39 is 23.7 Å². The largest absolute Gasteiger partial charge is 0.416 e. The molecule has 1 fully saturated rings. The van der Waals surface area contributed by atoms with Gasteiger partial charge in [0, 0.05) is 12.6 Å². The fourth-order valence-corrected chi connectivity index (χ4v) is 2.90. The van der Waals surface area contributed by atoms with Crippen LogP contribution < -0.4 is 16.2 Å². The van der Waals surface area contributed by atoms with Crippen LogP contribution >= 0.6 is 0 Å². The SMILES string of the molecule is O=C(NCc1ccccc1C(F)(F)F)C1CC(c2ccc(F)cc2)NN1. The summed E-state index contributed by atoms with van der Waals surface area (Å²) in [6, 6.07) is 10.3. The summed E-state index contributed by atoms with van der Waals surface area (Å²) in [5.74, 6) is -0.753. The molecule has 8 heteroatoms. The number of nitrogens with one attached hydrogen (secondary N) is 3. The summed E-state index contributed by atoms with van der Waals surface area (Å²) in [5, 5.41) is 2.53. The molecule has 0 spiro atoms. The van der Waals surface area contributed by atoms with Crippen molar-refractivity contribution >= 4 is 5.91 Å². The summed E-state index contributed by atoms with van der Waals surface area (Å²) in [6.45, 7) is -0.214. The number of benzene rings is 2. The molecule has 0 aliphatic carbocycles. The van der Waals surface area contributed by atoms with Crippen molar-refractivity contribution in [1.82, 2.24) is 16.2 Å². The lowest BCUT2D eigenvalue weighted by atomic mass is 10.0. The van der Waals surface area contributed by atoms with E-state index in [0.29, 0.717) is 6.42 Å². The molecular formula is C18H17F4N3O. The van der Waals surface area contributed by atoms with Gasteiger partial charge < -0.3 is 5.32 Å². The molecule has 2 aromatic rings. The molecule has 1 amide bonds. The zero-order valence-corrected chi connectivity index (χ0v) is 13.6. The fraction of sp³-hybridized carbons (Fsp3) is 0.278. The molecule has 3 N–H and O–H groups in total. The van der Waals surface area contributed by atoms with E-state index in [1.165, 1.54) is 30.3 Å². The number of hydrogen-bond donors (Lipinski definition) is 3. The molecule has 4 nitrogen and oxygen atoms in total. The van der Waals surface area contributed by atoms with Gasteiger partial charge in [0.15, 0.2) is 0 Å².